The highest BCUT2D eigenvalue weighted by molar-refractivity contribution is 9.10. The Balaban J connectivity index is 2.20. The third-order valence-electron chi connectivity index (χ3n) is 2.79. The van der Waals surface area contributed by atoms with Crippen LogP contribution in [0.2, 0.25) is 0 Å². The van der Waals surface area contributed by atoms with Crippen LogP contribution in [0.5, 0.6) is 0 Å². The van der Waals surface area contributed by atoms with Gasteiger partial charge in [-0.1, -0.05) is 22.0 Å². The van der Waals surface area contributed by atoms with E-state index in [-0.39, 0.29) is 11.9 Å². The van der Waals surface area contributed by atoms with Crippen molar-refractivity contribution in [1.82, 2.24) is 0 Å². The molecule has 4 heteroatoms. The Morgan fingerprint density at radius 1 is 1.53 bits per heavy atom. The predicted molar refractivity (Wildman–Crippen MR) is 60.0 cm³/mol. The Labute approximate surface area is 96.7 Å². The maximum Gasteiger partial charge on any atom is 0.124 e. The number of hydrogen-bond donors (Lipinski definition) is 1. The van der Waals surface area contributed by atoms with Gasteiger partial charge in [0.2, 0.25) is 0 Å². The molecule has 0 amide bonds. The summed E-state index contributed by atoms with van der Waals surface area (Å²) in [6.45, 7) is 1.47. The first kappa shape index (κ1) is 11.0. The second kappa shape index (κ2) is 4.60. The van der Waals surface area contributed by atoms with E-state index in [9.17, 15) is 4.39 Å². The van der Waals surface area contributed by atoms with Crippen molar-refractivity contribution in [3.63, 3.8) is 0 Å². The molecule has 0 aliphatic carbocycles. The van der Waals surface area contributed by atoms with Crippen molar-refractivity contribution in [1.29, 1.82) is 0 Å². The second-order valence-corrected chi connectivity index (χ2v) is 4.67. The standard InChI is InChI=1S/C11H13BrFNO/c12-10-5-8(13)1-2-9(10)11(14)7-3-4-15-6-7/h1-2,5,7,11H,3-4,6,14H2. The molecular formula is C11H13BrFNO. The molecule has 2 atom stereocenters. The average molecular weight is 274 g/mol. The van der Waals surface area contributed by atoms with Crippen LogP contribution in [0.15, 0.2) is 22.7 Å². The molecule has 1 saturated heterocycles. The quantitative estimate of drug-likeness (QED) is 0.899. The fourth-order valence-electron chi connectivity index (χ4n) is 1.86. The van der Waals surface area contributed by atoms with Crippen molar-refractivity contribution in [2.45, 2.75) is 12.5 Å². The molecule has 0 bridgehead atoms. The first-order valence-electron chi connectivity index (χ1n) is 4.97. The number of hydrogen-bond acceptors (Lipinski definition) is 2. The summed E-state index contributed by atoms with van der Waals surface area (Å²) in [4.78, 5) is 0. The molecule has 1 aromatic rings. The summed E-state index contributed by atoms with van der Waals surface area (Å²) >= 11 is 3.33. The lowest BCUT2D eigenvalue weighted by molar-refractivity contribution is 0.181. The maximum absolute atomic E-state index is 12.9. The van der Waals surface area contributed by atoms with E-state index < -0.39 is 0 Å². The molecule has 1 aromatic carbocycles. The van der Waals surface area contributed by atoms with Crippen LogP contribution < -0.4 is 5.73 Å². The molecule has 0 saturated carbocycles. The molecular weight excluding hydrogens is 261 g/mol. The fraction of sp³-hybridized carbons (Fsp3) is 0.455. The molecule has 2 nitrogen and oxygen atoms in total. The molecule has 82 valence electrons. The van der Waals surface area contributed by atoms with E-state index in [0.29, 0.717) is 12.5 Å². The van der Waals surface area contributed by atoms with Crippen LogP contribution in [-0.2, 0) is 4.74 Å². The molecule has 1 aliphatic rings. The Hall–Kier alpha value is -0.450. The second-order valence-electron chi connectivity index (χ2n) is 3.82. The van der Waals surface area contributed by atoms with Gasteiger partial charge in [0.25, 0.3) is 0 Å². The van der Waals surface area contributed by atoms with Crippen LogP contribution in [0.3, 0.4) is 0 Å². The SMILES string of the molecule is NC(c1ccc(F)cc1Br)C1CCOC1. The van der Waals surface area contributed by atoms with Crippen LogP contribution in [0.1, 0.15) is 18.0 Å². The van der Waals surface area contributed by atoms with Crippen LogP contribution in [0.4, 0.5) is 4.39 Å². The van der Waals surface area contributed by atoms with E-state index in [0.717, 1.165) is 23.1 Å². The van der Waals surface area contributed by atoms with Crippen molar-refractivity contribution < 1.29 is 9.13 Å². The molecule has 0 spiro atoms. The summed E-state index contributed by atoms with van der Waals surface area (Å²) in [6.07, 6.45) is 0.977. The number of ether oxygens (including phenoxy) is 1. The normalized spacial score (nSPS) is 23.0. The maximum atomic E-state index is 12.9. The molecule has 0 aromatic heterocycles. The summed E-state index contributed by atoms with van der Waals surface area (Å²) in [5.41, 5.74) is 7.07. The molecule has 1 fully saturated rings. The topological polar surface area (TPSA) is 35.2 Å². The van der Waals surface area contributed by atoms with Crippen LogP contribution >= 0.6 is 15.9 Å². The van der Waals surface area contributed by atoms with E-state index >= 15 is 0 Å². The minimum absolute atomic E-state index is 0.0810. The van der Waals surface area contributed by atoms with Gasteiger partial charge in [-0.25, -0.2) is 4.39 Å². The van der Waals surface area contributed by atoms with E-state index in [2.05, 4.69) is 15.9 Å². The van der Waals surface area contributed by atoms with Gasteiger partial charge in [-0.3, -0.25) is 0 Å². The highest BCUT2D eigenvalue weighted by Gasteiger charge is 2.25. The lowest BCUT2D eigenvalue weighted by Crippen LogP contribution is -2.22. The molecule has 0 radical (unpaired) electrons. The Kier molecular flexibility index (Phi) is 3.38. The number of nitrogens with two attached hydrogens (primary N) is 1. The molecule has 2 unspecified atom stereocenters. The number of rotatable bonds is 2. The van der Waals surface area contributed by atoms with Gasteiger partial charge in [-0.15, -0.1) is 0 Å². The average Bonchev–Trinajstić information content (AvgIpc) is 2.69. The summed E-state index contributed by atoms with van der Waals surface area (Å²) in [5.74, 6) is 0.0901. The van der Waals surface area contributed by atoms with Gasteiger partial charge < -0.3 is 10.5 Å². The molecule has 2 N–H and O–H groups in total. The van der Waals surface area contributed by atoms with Gasteiger partial charge in [-0.05, 0) is 24.1 Å². The van der Waals surface area contributed by atoms with Crippen molar-refractivity contribution in [2.24, 2.45) is 11.7 Å². The first-order valence-corrected chi connectivity index (χ1v) is 5.76. The lowest BCUT2D eigenvalue weighted by Gasteiger charge is -2.19. The van der Waals surface area contributed by atoms with Gasteiger partial charge in [-0.2, -0.15) is 0 Å². The zero-order valence-corrected chi connectivity index (χ0v) is 9.84. The number of benzene rings is 1. The van der Waals surface area contributed by atoms with Crippen LogP contribution in [0.25, 0.3) is 0 Å². The summed E-state index contributed by atoms with van der Waals surface area (Å²) < 4.78 is 18.9. The van der Waals surface area contributed by atoms with Gasteiger partial charge in [0, 0.05) is 23.0 Å². The van der Waals surface area contributed by atoms with Gasteiger partial charge in [0.15, 0.2) is 0 Å². The van der Waals surface area contributed by atoms with Gasteiger partial charge in [0.05, 0.1) is 6.61 Å². The minimum Gasteiger partial charge on any atom is -0.381 e. The zero-order chi connectivity index (χ0) is 10.8. The van der Waals surface area contributed by atoms with E-state index in [1.165, 1.54) is 12.1 Å². The van der Waals surface area contributed by atoms with Crippen LogP contribution in [-0.4, -0.2) is 13.2 Å². The monoisotopic (exact) mass is 273 g/mol. The highest BCUT2D eigenvalue weighted by Crippen LogP contribution is 2.31. The largest absolute Gasteiger partial charge is 0.381 e. The number of halogens is 2. The molecule has 1 heterocycles. The summed E-state index contributed by atoms with van der Waals surface area (Å²) in [6, 6.07) is 4.55. The Morgan fingerprint density at radius 2 is 2.33 bits per heavy atom. The molecule has 15 heavy (non-hydrogen) atoms. The van der Waals surface area contributed by atoms with Crippen molar-refractivity contribution in [2.75, 3.05) is 13.2 Å². The third-order valence-corrected chi connectivity index (χ3v) is 3.48. The van der Waals surface area contributed by atoms with Crippen molar-refractivity contribution >= 4 is 15.9 Å². The van der Waals surface area contributed by atoms with Crippen LogP contribution in [0, 0.1) is 11.7 Å². The smallest absolute Gasteiger partial charge is 0.124 e. The first-order chi connectivity index (χ1) is 7.18. The molecule has 1 aliphatic heterocycles. The predicted octanol–water partition coefficient (Wildman–Crippen LogP) is 2.62. The molecule has 2 rings (SSSR count). The fourth-order valence-corrected chi connectivity index (χ4v) is 2.48. The third kappa shape index (κ3) is 2.38. The van der Waals surface area contributed by atoms with Crippen molar-refractivity contribution in [3.05, 3.63) is 34.1 Å². The Morgan fingerprint density at radius 3 is 2.93 bits per heavy atom. The minimum atomic E-state index is -0.250. The van der Waals surface area contributed by atoms with Gasteiger partial charge >= 0.3 is 0 Å². The van der Waals surface area contributed by atoms with Crippen molar-refractivity contribution in [3.8, 4) is 0 Å². The van der Waals surface area contributed by atoms with Gasteiger partial charge in [0.1, 0.15) is 5.82 Å². The Bertz CT molecular complexity index is 352. The van der Waals surface area contributed by atoms with E-state index in [1.54, 1.807) is 6.07 Å². The summed E-state index contributed by atoms with van der Waals surface area (Å²) in [7, 11) is 0. The van der Waals surface area contributed by atoms with E-state index in [1.807, 2.05) is 0 Å². The summed E-state index contributed by atoms with van der Waals surface area (Å²) in [5, 5.41) is 0. The lowest BCUT2D eigenvalue weighted by atomic mass is 9.93. The highest BCUT2D eigenvalue weighted by atomic mass is 79.9. The zero-order valence-electron chi connectivity index (χ0n) is 8.25. The van der Waals surface area contributed by atoms with E-state index in [4.69, 9.17) is 10.5 Å².